The molecular formula is C34H36N2O5. The van der Waals surface area contributed by atoms with Crippen molar-refractivity contribution in [2.45, 2.75) is 38.2 Å². The summed E-state index contributed by atoms with van der Waals surface area (Å²) in [6, 6.07) is 23.2. The van der Waals surface area contributed by atoms with Gasteiger partial charge in [0, 0.05) is 55.2 Å². The Labute approximate surface area is 241 Å². The van der Waals surface area contributed by atoms with Crippen LogP contribution in [0.1, 0.15) is 51.1 Å². The number of benzene rings is 3. The maximum Gasteiger partial charge on any atom is 0.337 e. The third-order valence-corrected chi connectivity index (χ3v) is 8.09. The number of H-pyrrole nitrogens is 1. The Hall–Kier alpha value is -4.78. The second kappa shape index (κ2) is 11.0. The number of aromatic amines is 1. The van der Waals surface area contributed by atoms with E-state index in [9.17, 15) is 9.59 Å². The lowest BCUT2D eigenvalue weighted by molar-refractivity contribution is -0.140. The summed E-state index contributed by atoms with van der Waals surface area (Å²) in [6.45, 7) is 1.99. The Balaban J connectivity index is 0.00000212. The number of nitrogens with one attached hydrogen (secondary N) is 2. The highest BCUT2D eigenvalue weighted by Crippen LogP contribution is 2.48. The summed E-state index contributed by atoms with van der Waals surface area (Å²) in [7, 11) is 3.26. The molecule has 2 atom stereocenters. The molecule has 0 saturated heterocycles. The van der Waals surface area contributed by atoms with Crippen molar-refractivity contribution in [3.8, 4) is 11.5 Å². The predicted molar refractivity (Wildman–Crippen MR) is 161 cm³/mol. The third-order valence-electron chi connectivity index (χ3n) is 8.09. The summed E-state index contributed by atoms with van der Waals surface area (Å²) in [4.78, 5) is 31.1. The summed E-state index contributed by atoms with van der Waals surface area (Å²) in [5.41, 5.74) is 6.32. The van der Waals surface area contributed by atoms with Gasteiger partial charge in [-0.2, -0.15) is 0 Å². The number of allylic oxidation sites excluding steroid dienone is 3. The molecule has 0 spiro atoms. The smallest absolute Gasteiger partial charge is 0.337 e. The minimum absolute atomic E-state index is 0. The Kier molecular flexibility index (Phi) is 7.10. The summed E-state index contributed by atoms with van der Waals surface area (Å²) in [5.74, 6) is 0.477. The number of ether oxygens (including phenoxy) is 3. The largest absolute Gasteiger partial charge is 0.497 e. The lowest BCUT2D eigenvalue weighted by Gasteiger charge is -2.37. The number of fused-ring (bicyclic) bond motifs is 1. The van der Waals surface area contributed by atoms with Gasteiger partial charge < -0.3 is 24.5 Å². The molecule has 0 fully saturated rings. The number of ketones is 1. The fourth-order valence-corrected chi connectivity index (χ4v) is 6.15. The van der Waals surface area contributed by atoms with Crippen molar-refractivity contribution in [3.05, 3.63) is 118 Å². The number of hydrogen-bond donors (Lipinski definition) is 2. The first-order valence-electron chi connectivity index (χ1n) is 13.7. The number of esters is 1. The minimum atomic E-state index is -0.555. The Morgan fingerprint density at radius 1 is 0.927 bits per heavy atom. The zero-order chi connectivity index (χ0) is 28.5. The predicted octanol–water partition coefficient (Wildman–Crippen LogP) is 6.78. The molecule has 1 aromatic heterocycles. The van der Waals surface area contributed by atoms with E-state index in [1.165, 1.54) is 0 Å². The number of carbonyl (C=O) groups excluding carboxylic acids is 2. The van der Waals surface area contributed by atoms with Gasteiger partial charge in [0.1, 0.15) is 18.1 Å². The van der Waals surface area contributed by atoms with Gasteiger partial charge in [0.05, 0.1) is 19.8 Å². The van der Waals surface area contributed by atoms with Crippen molar-refractivity contribution in [2.75, 3.05) is 14.2 Å². The average molecular weight is 553 g/mol. The average Bonchev–Trinajstić information content (AvgIpc) is 3.48. The van der Waals surface area contributed by atoms with Crippen molar-refractivity contribution in [3.63, 3.8) is 0 Å². The summed E-state index contributed by atoms with van der Waals surface area (Å²) in [5, 5.41) is 4.42. The highest BCUT2D eigenvalue weighted by molar-refractivity contribution is 6.05. The molecule has 212 valence electrons. The SMILES string of the molecule is COc1ccc(COC(=O)C2=C(C)NC3=C(C(=O)C[C@H](c4ccccc4OC)C3)C2c2cccc3[nH]ccc23)cc1.[HH].[HH]. The maximum atomic E-state index is 14.1. The molecular weight excluding hydrogens is 516 g/mol. The molecule has 2 N–H and O–H groups in total. The van der Waals surface area contributed by atoms with Gasteiger partial charge in [-0.25, -0.2) is 4.79 Å². The van der Waals surface area contributed by atoms with Crippen molar-refractivity contribution >= 4 is 22.7 Å². The molecule has 7 heteroatoms. The molecule has 7 nitrogen and oxygen atoms in total. The van der Waals surface area contributed by atoms with E-state index in [0.29, 0.717) is 29.7 Å². The van der Waals surface area contributed by atoms with Gasteiger partial charge in [-0.05, 0) is 60.4 Å². The quantitative estimate of drug-likeness (QED) is 0.246. The molecule has 3 aromatic carbocycles. The molecule has 41 heavy (non-hydrogen) atoms. The summed E-state index contributed by atoms with van der Waals surface area (Å²) >= 11 is 0. The molecule has 0 saturated carbocycles. The molecule has 6 rings (SSSR count). The lowest BCUT2D eigenvalue weighted by atomic mass is 9.71. The first-order chi connectivity index (χ1) is 20.0. The Bertz CT molecular complexity index is 1710. The number of rotatable bonds is 7. The van der Waals surface area contributed by atoms with Gasteiger partial charge in [-0.1, -0.05) is 42.5 Å². The van der Waals surface area contributed by atoms with Gasteiger partial charge in [0.15, 0.2) is 5.78 Å². The van der Waals surface area contributed by atoms with E-state index in [-0.39, 0.29) is 21.2 Å². The van der Waals surface area contributed by atoms with E-state index in [1.54, 1.807) is 14.2 Å². The lowest BCUT2D eigenvalue weighted by Crippen LogP contribution is -2.36. The minimum Gasteiger partial charge on any atom is -0.497 e. The van der Waals surface area contributed by atoms with Crippen LogP contribution >= 0.6 is 0 Å². The molecule has 1 unspecified atom stereocenters. The van der Waals surface area contributed by atoms with Crippen LogP contribution in [-0.4, -0.2) is 31.0 Å². The highest BCUT2D eigenvalue weighted by atomic mass is 16.5. The first kappa shape index (κ1) is 26.4. The topological polar surface area (TPSA) is 89.7 Å². The Morgan fingerprint density at radius 2 is 1.71 bits per heavy atom. The van der Waals surface area contributed by atoms with E-state index in [4.69, 9.17) is 14.2 Å². The van der Waals surface area contributed by atoms with Crippen LogP contribution in [0, 0.1) is 0 Å². The Morgan fingerprint density at radius 3 is 2.49 bits per heavy atom. The van der Waals surface area contributed by atoms with E-state index >= 15 is 0 Å². The van der Waals surface area contributed by atoms with Gasteiger partial charge in [0.2, 0.25) is 0 Å². The van der Waals surface area contributed by atoms with Crippen LogP contribution in [0.5, 0.6) is 11.5 Å². The second-order valence-electron chi connectivity index (χ2n) is 10.5. The number of methoxy groups -OCH3 is 2. The summed E-state index contributed by atoms with van der Waals surface area (Å²) in [6.07, 6.45) is 2.84. The van der Waals surface area contributed by atoms with Crippen LogP contribution in [0.15, 0.2) is 102 Å². The molecule has 1 aliphatic heterocycles. The van der Waals surface area contributed by atoms with Crippen LogP contribution in [0.3, 0.4) is 0 Å². The maximum absolute atomic E-state index is 14.1. The number of hydrogen-bond acceptors (Lipinski definition) is 6. The van der Waals surface area contributed by atoms with E-state index in [0.717, 1.165) is 44.8 Å². The van der Waals surface area contributed by atoms with E-state index in [2.05, 4.69) is 10.3 Å². The van der Waals surface area contributed by atoms with Gasteiger partial charge in [-0.15, -0.1) is 0 Å². The van der Waals surface area contributed by atoms with Crippen molar-refractivity contribution in [1.29, 1.82) is 0 Å². The van der Waals surface area contributed by atoms with E-state index in [1.807, 2.05) is 85.9 Å². The van der Waals surface area contributed by atoms with E-state index < -0.39 is 11.9 Å². The highest BCUT2D eigenvalue weighted by Gasteiger charge is 2.42. The van der Waals surface area contributed by atoms with Crippen LogP contribution in [0.2, 0.25) is 0 Å². The van der Waals surface area contributed by atoms with Crippen LogP contribution < -0.4 is 14.8 Å². The van der Waals surface area contributed by atoms with Gasteiger partial charge in [-0.3, -0.25) is 4.79 Å². The number of Topliss-reactive ketones (excluding diaryl/α,β-unsaturated/α-hetero) is 1. The zero-order valence-corrected chi connectivity index (χ0v) is 23.3. The molecule has 0 bridgehead atoms. The fourth-order valence-electron chi connectivity index (χ4n) is 6.15. The number of carbonyl (C=O) groups is 2. The number of aromatic nitrogens is 1. The molecule has 4 aromatic rings. The zero-order valence-electron chi connectivity index (χ0n) is 23.3. The van der Waals surface area contributed by atoms with Gasteiger partial charge in [0.25, 0.3) is 0 Å². The molecule has 0 radical (unpaired) electrons. The third kappa shape index (κ3) is 4.88. The fraction of sp³-hybridized carbons (Fsp3) is 0.235. The van der Waals surface area contributed by atoms with Crippen LogP contribution in [-0.2, 0) is 20.9 Å². The van der Waals surface area contributed by atoms with Gasteiger partial charge >= 0.3 is 5.97 Å². The molecule has 2 heterocycles. The number of dihydropyridines is 1. The van der Waals surface area contributed by atoms with Crippen LogP contribution in [0.25, 0.3) is 10.9 Å². The standard InChI is InChI=1S/C34H32N2O5.2H2/c1-20-31(34(38)41-19-21-11-13-23(39-2)14-12-21)32(26-8-6-9-27-25(26)15-16-35-27)33-28(36-20)17-22(18-29(33)37)24-7-4-5-10-30(24)40-3;;/h4-16,22,32,35-36H,17-19H2,1-3H3;2*1H/t22-,32?;;/m1../s1. The second-order valence-corrected chi connectivity index (χ2v) is 10.5. The van der Waals surface area contributed by atoms with Crippen LogP contribution in [0.4, 0.5) is 0 Å². The molecule has 1 aliphatic carbocycles. The van der Waals surface area contributed by atoms with Crippen molar-refractivity contribution in [1.82, 2.24) is 10.3 Å². The summed E-state index contributed by atoms with van der Waals surface area (Å²) < 4.78 is 16.7. The molecule has 0 amide bonds. The van der Waals surface area contributed by atoms with Crippen molar-refractivity contribution in [2.24, 2.45) is 0 Å². The number of para-hydroxylation sites is 1. The van der Waals surface area contributed by atoms with Crippen molar-refractivity contribution < 1.29 is 26.7 Å². The monoisotopic (exact) mass is 552 g/mol. The normalized spacial score (nSPS) is 18.7. The molecule has 2 aliphatic rings. The first-order valence-corrected chi connectivity index (χ1v) is 13.7.